The Hall–Kier alpha value is -5.19. The van der Waals surface area contributed by atoms with Crippen LogP contribution in [0.5, 0.6) is 0 Å². The van der Waals surface area contributed by atoms with Crippen LogP contribution in [0.3, 0.4) is 0 Å². The molecule has 43 heavy (non-hydrogen) atoms. The van der Waals surface area contributed by atoms with Crippen LogP contribution < -0.4 is 38.9 Å². The van der Waals surface area contributed by atoms with Gasteiger partial charge in [0.2, 0.25) is 23.6 Å². The number of aliphatic carboxylic acids is 2. The van der Waals surface area contributed by atoms with Gasteiger partial charge >= 0.3 is 11.9 Å². The molecule has 4 atom stereocenters. The maximum atomic E-state index is 13.2. The summed E-state index contributed by atoms with van der Waals surface area (Å²) in [5, 5.41) is 26.1. The van der Waals surface area contributed by atoms with Crippen LogP contribution in [0.2, 0.25) is 0 Å². The van der Waals surface area contributed by atoms with Gasteiger partial charge in [0.25, 0.3) is 0 Å². The molecule has 0 radical (unpaired) electrons. The van der Waals surface area contributed by atoms with E-state index in [1.165, 1.54) is 0 Å². The summed E-state index contributed by atoms with van der Waals surface area (Å²) >= 11 is 0. The molecule has 0 fully saturated rings. The first-order valence-corrected chi connectivity index (χ1v) is 13.3. The van der Waals surface area contributed by atoms with Crippen LogP contribution in [-0.2, 0) is 35.2 Å². The predicted molar refractivity (Wildman–Crippen MR) is 154 cm³/mol. The van der Waals surface area contributed by atoms with Gasteiger partial charge in [-0.1, -0.05) is 18.2 Å². The molecule has 0 aliphatic heterocycles. The molecule has 0 aliphatic rings. The smallest absolute Gasteiger partial charge is 0.326 e. The molecule has 234 valence electrons. The standard InChI is InChI=1S/C26H37N9O8/c27-15(10-13-12-32-16-5-2-1-4-14(13)16)22(39)35-19(11-20(28)36)24(41)33-17(6-3-9-31-26(29)30)23(40)34-18(25(42)43)7-8-21(37)38/h1-2,4-5,12,15,17-19,32H,3,6-11,27H2,(H2,28,36)(H,33,41)(H,34,40)(H,35,39)(H,37,38)(H,42,43)(H4,29,30,31). The van der Waals surface area contributed by atoms with Crippen molar-refractivity contribution in [1.29, 1.82) is 0 Å². The van der Waals surface area contributed by atoms with Crippen LogP contribution in [0.25, 0.3) is 10.9 Å². The van der Waals surface area contributed by atoms with Crippen molar-refractivity contribution in [1.82, 2.24) is 20.9 Å². The molecule has 0 spiro atoms. The van der Waals surface area contributed by atoms with Crippen molar-refractivity contribution in [2.45, 2.75) is 62.7 Å². The summed E-state index contributed by atoms with van der Waals surface area (Å²) in [6, 6.07) is 1.80. The third-order valence-corrected chi connectivity index (χ3v) is 6.33. The summed E-state index contributed by atoms with van der Waals surface area (Å²) in [4.78, 5) is 80.2. The van der Waals surface area contributed by atoms with Crippen molar-refractivity contribution < 1.29 is 39.0 Å². The van der Waals surface area contributed by atoms with E-state index in [0.717, 1.165) is 16.5 Å². The van der Waals surface area contributed by atoms with Gasteiger partial charge in [-0.05, 0) is 37.3 Å². The summed E-state index contributed by atoms with van der Waals surface area (Å²) in [6.45, 7) is 0.0630. The number of amides is 4. The first-order valence-electron chi connectivity index (χ1n) is 13.3. The molecule has 2 aromatic rings. The highest BCUT2D eigenvalue weighted by molar-refractivity contribution is 5.96. The van der Waals surface area contributed by atoms with Crippen LogP contribution in [0, 0.1) is 0 Å². The summed E-state index contributed by atoms with van der Waals surface area (Å²) in [6.07, 6.45) is 0.295. The summed E-state index contributed by atoms with van der Waals surface area (Å²) in [5.41, 5.74) is 23.6. The van der Waals surface area contributed by atoms with E-state index in [0.29, 0.717) is 0 Å². The minimum absolute atomic E-state index is 0.0630. The number of H-pyrrole nitrogens is 1. The lowest BCUT2D eigenvalue weighted by Gasteiger charge is -2.24. The van der Waals surface area contributed by atoms with Gasteiger partial charge in [0.05, 0.1) is 12.5 Å². The Bertz CT molecular complexity index is 1360. The van der Waals surface area contributed by atoms with Gasteiger partial charge in [0.1, 0.15) is 18.1 Å². The summed E-state index contributed by atoms with van der Waals surface area (Å²) < 4.78 is 0. The first kappa shape index (κ1) is 34.0. The third-order valence-electron chi connectivity index (χ3n) is 6.33. The Morgan fingerprint density at radius 3 is 2.12 bits per heavy atom. The number of primary amides is 1. The molecule has 14 N–H and O–H groups in total. The zero-order valence-electron chi connectivity index (χ0n) is 23.2. The molecule has 0 saturated carbocycles. The zero-order valence-corrected chi connectivity index (χ0v) is 23.2. The Morgan fingerprint density at radius 1 is 0.860 bits per heavy atom. The number of aliphatic imine (C=N–C) groups is 1. The second-order valence-electron chi connectivity index (χ2n) is 9.74. The molecule has 0 aliphatic carbocycles. The minimum atomic E-state index is -1.57. The second kappa shape index (κ2) is 16.3. The number of fused-ring (bicyclic) bond motifs is 1. The number of carbonyl (C=O) groups excluding carboxylic acids is 4. The van der Waals surface area contributed by atoms with Gasteiger partial charge < -0.3 is 54.1 Å². The second-order valence-corrected chi connectivity index (χ2v) is 9.74. The number of nitrogens with two attached hydrogens (primary N) is 4. The van der Waals surface area contributed by atoms with Gasteiger partial charge in [-0.3, -0.25) is 29.0 Å². The lowest BCUT2D eigenvalue weighted by molar-refractivity contribution is -0.143. The molecule has 4 unspecified atom stereocenters. The van der Waals surface area contributed by atoms with Gasteiger partial charge in [-0.25, -0.2) is 4.79 Å². The maximum Gasteiger partial charge on any atom is 0.326 e. The quantitative estimate of drug-likeness (QED) is 0.0477. The maximum absolute atomic E-state index is 13.2. The fraction of sp³-hybridized carbons (Fsp3) is 0.423. The normalized spacial score (nSPS) is 13.6. The number of nitrogens with one attached hydrogen (secondary N) is 4. The number of rotatable bonds is 18. The molecule has 0 saturated heterocycles. The lowest BCUT2D eigenvalue weighted by atomic mass is 10.0. The van der Waals surface area contributed by atoms with Crippen molar-refractivity contribution >= 4 is 52.4 Å². The fourth-order valence-electron chi connectivity index (χ4n) is 4.16. The molecule has 1 aromatic heterocycles. The number of para-hydroxylation sites is 1. The predicted octanol–water partition coefficient (Wildman–Crippen LogP) is -2.63. The number of carbonyl (C=O) groups is 6. The monoisotopic (exact) mass is 603 g/mol. The number of carboxylic acid groups (broad SMARTS) is 2. The Morgan fingerprint density at radius 2 is 1.49 bits per heavy atom. The highest BCUT2D eigenvalue weighted by Crippen LogP contribution is 2.18. The first-order chi connectivity index (χ1) is 20.3. The van der Waals surface area contributed by atoms with E-state index in [2.05, 4.69) is 25.9 Å². The van der Waals surface area contributed by atoms with Crippen molar-refractivity contribution in [3.05, 3.63) is 36.0 Å². The van der Waals surface area contributed by atoms with E-state index >= 15 is 0 Å². The summed E-state index contributed by atoms with van der Waals surface area (Å²) in [5.74, 6) is -6.57. The molecule has 1 heterocycles. The van der Waals surface area contributed by atoms with Gasteiger partial charge in [0, 0.05) is 30.1 Å². The number of carboxylic acids is 2. The van der Waals surface area contributed by atoms with E-state index in [4.69, 9.17) is 28.0 Å². The lowest BCUT2D eigenvalue weighted by Crippen LogP contribution is -2.58. The molecule has 17 nitrogen and oxygen atoms in total. The number of aromatic amines is 1. The average molecular weight is 604 g/mol. The van der Waals surface area contributed by atoms with E-state index in [9.17, 15) is 33.9 Å². The van der Waals surface area contributed by atoms with E-state index in [1.54, 1.807) is 6.20 Å². The summed E-state index contributed by atoms with van der Waals surface area (Å²) in [7, 11) is 0. The Balaban J connectivity index is 2.17. The van der Waals surface area contributed by atoms with E-state index < -0.39 is 79.0 Å². The van der Waals surface area contributed by atoms with E-state index in [-0.39, 0.29) is 31.8 Å². The van der Waals surface area contributed by atoms with Crippen LogP contribution in [0.4, 0.5) is 0 Å². The van der Waals surface area contributed by atoms with Crippen molar-refractivity contribution in [3.8, 4) is 0 Å². The van der Waals surface area contributed by atoms with Crippen molar-refractivity contribution in [3.63, 3.8) is 0 Å². The fourth-order valence-corrected chi connectivity index (χ4v) is 4.16. The minimum Gasteiger partial charge on any atom is -0.481 e. The molecular weight excluding hydrogens is 566 g/mol. The Kier molecular flexibility index (Phi) is 12.9. The number of benzene rings is 1. The molecule has 2 rings (SSSR count). The number of aromatic nitrogens is 1. The van der Waals surface area contributed by atoms with E-state index in [1.807, 2.05) is 24.3 Å². The van der Waals surface area contributed by atoms with Crippen molar-refractivity contribution in [2.75, 3.05) is 6.54 Å². The van der Waals surface area contributed by atoms with Crippen molar-refractivity contribution in [2.24, 2.45) is 27.9 Å². The highest BCUT2D eigenvalue weighted by atomic mass is 16.4. The molecule has 17 heteroatoms. The van der Waals surface area contributed by atoms with Gasteiger partial charge in [-0.2, -0.15) is 0 Å². The number of hydrogen-bond acceptors (Lipinski definition) is 8. The molecular formula is C26H37N9O8. The van der Waals surface area contributed by atoms with Crippen LogP contribution >= 0.6 is 0 Å². The average Bonchev–Trinajstić information content (AvgIpc) is 3.33. The number of nitrogens with zero attached hydrogens (tertiary/aromatic N) is 1. The SMILES string of the molecule is NC(=O)CC(NC(=O)C(N)Cc1c[nH]c2ccccc12)C(=O)NC(CCCN=C(N)N)C(=O)NC(CCC(=O)O)C(=O)O. The van der Waals surface area contributed by atoms with Crippen LogP contribution in [0.15, 0.2) is 35.5 Å². The molecule has 0 bridgehead atoms. The third kappa shape index (κ3) is 11.3. The molecule has 4 amide bonds. The Labute approximate surface area is 245 Å². The number of guanidine groups is 1. The topological polar surface area (TPSA) is 311 Å². The highest BCUT2D eigenvalue weighted by Gasteiger charge is 2.31. The van der Waals surface area contributed by atoms with Crippen LogP contribution in [-0.4, -0.2) is 87.4 Å². The van der Waals surface area contributed by atoms with Crippen LogP contribution in [0.1, 0.15) is 37.7 Å². The largest absolute Gasteiger partial charge is 0.481 e. The zero-order chi connectivity index (χ0) is 32.1. The molecule has 1 aromatic carbocycles. The number of hydrogen-bond donors (Lipinski definition) is 10. The van der Waals surface area contributed by atoms with Gasteiger partial charge in [-0.15, -0.1) is 0 Å². The van der Waals surface area contributed by atoms with Gasteiger partial charge in [0.15, 0.2) is 5.96 Å².